The molecule has 3 aromatic rings. The predicted molar refractivity (Wildman–Crippen MR) is 82.4 cm³/mol. The number of nitro benzene ring substituents is 1. The zero-order valence-electron chi connectivity index (χ0n) is 11.9. The third-order valence-electron chi connectivity index (χ3n) is 3.71. The Morgan fingerprint density at radius 2 is 2.12 bits per heavy atom. The fourth-order valence-corrected chi connectivity index (χ4v) is 2.66. The van der Waals surface area contributed by atoms with E-state index in [1.54, 1.807) is 18.3 Å². The minimum Gasteiger partial charge on any atom is -0.422 e. The topological polar surface area (TPSA) is 98.1 Å². The van der Waals surface area contributed by atoms with Crippen molar-refractivity contribution in [1.29, 1.82) is 0 Å². The van der Waals surface area contributed by atoms with Gasteiger partial charge < -0.3 is 4.74 Å². The van der Waals surface area contributed by atoms with Gasteiger partial charge in [-0.2, -0.15) is 5.10 Å². The average molecular weight is 325 g/mol. The minimum atomic E-state index is -0.863. The summed E-state index contributed by atoms with van der Waals surface area (Å²) in [6, 6.07) is 7.03. The zero-order valence-corrected chi connectivity index (χ0v) is 11.9. The second-order valence-electron chi connectivity index (χ2n) is 5.22. The second kappa shape index (κ2) is 4.98. The first-order valence-electron chi connectivity index (χ1n) is 6.88. The van der Waals surface area contributed by atoms with Gasteiger partial charge in [0.25, 0.3) is 5.69 Å². The van der Waals surface area contributed by atoms with Gasteiger partial charge in [-0.25, -0.2) is 9.18 Å². The van der Waals surface area contributed by atoms with Crippen molar-refractivity contribution < 1.29 is 18.8 Å². The lowest BCUT2D eigenvalue weighted by Crippen LogP contribution is -1.98. The van der Waals surface area contributed by atoms with Gasteiger partial charge in [-0.05, 0) is 23.8 Å². The van der Waals surface area contributed by atoms with E-state index >= 15 is 0 Å². The number of carbonyl (C=O) groups excluding carboxylic acids is 1. The molecule has 7 nitrogen and oxygen atoms in total. The van der Waals surface area contributed by atoms with Gasteiger partial charge in [0, 0.05) is 5.39 Å². The number of halogens is 1. The van der Waals surface area contributed by atoms with Crippen molar-refractivity contribution in [3.05, 3.63) is 69.2 Å². The predicted octanol–water partition coefficient (Wildman–Crippen LogP) is 3.28. The Hall–Kier alpha value is -3.55. The molecule has 0 aliphatic carbocycles. The maximum Gasteiger partial charge on any atom is 0.344 e. The molecular weight excluding hydrogens is 317 g/mol. The van der Waals surface area contributed by atoms with E-state index in [1.807, 2.05) is 6.07 Å². The number of nitro groups is 1. The summed E-state index contributed by atoms with van der Waals surface area (Å²) >= 11 is 0. The summed E-state index contributed by atoms with van der Waals surface area (Å²) < 4.78 is 18.6. The van der Waals surface area contributed by atoms with Gasteiger partial charge in [-0.1, -0.05) is 12.1 Å². The Balaban J connectivity index is 1.90. The first-order valence-corrected chi connectivity index (χ1v) is 6.88. The monoisotopic (exact) mass is 325 g/mol. The van der Waals surface area contributed by atoms with Crippen LogP contribution in [0.25, 0.3) is 22.7 Å². The number of benzene rings is 2. The average Bonchev–Trinajstić information content (AvgIpc) is 3.11. The molecule has 1 N–H and O–H groups in total. The van der Waals surface area contributed by atoms with Crippen LogP contribution in [0.5, 0.6) is 0 Å². The van der Waals surface area contributed by atoms with E-state index in [9.17, 15) is 19.3 Å². The molecule has 1 aliphatic rings. The first kappa shape index (κ1) is 14.1. The van der Waals surface area contributed by atoms with Crippen molar-refractivity contribution in [2.24, 2.45) is 0 Å². The molecule has 0 spiro atoms. The summed E-state index contributed by atoms with van der Waals surface area (Å²) in [6.07, 6.45) is 3.15. The van der Waals surface area contributed by atoms with E-state index in [0.717, 1.165) is 23.0 Å². The molecule has 0 radical (unpaired) electrons. The van der Waals surface area contributed by atoms with Crippen molar-refractivity contribution in [3.63, 3.8) is 0 Å². The first-order chi connectivity index (χ1) is 11.5. The van der Waals surface area contributed by atoms with Crippen LogP contribution >= 0.6 is 0 Å². The number of cyclic esters (lactones) is 1. The van der Waals surface area contributed by atoms with Crippen LogP contribution in [-0.4, -0.2) is 21.1 Å². The number of hydrogen-bond acceptors (Lipinski definition) is 5. The maximum absolute atomic E-state index is 13.5. The smallest absolute Gasteiger partial charge is 0.344 e. The number of fused-ring (bicyclic) bond motifs is 2. The standard InChI is InChI=1S/C16H8FN3O4/c17-10-5-11-15(13(6-10)20(22)23)14(24-16(11)21)4-8-1-2-9-7-18-19-12(9)3-8/h1-7H,(H,18,19)/b14-4-. The van der Waals surface area contributed by atoms with E-state index in [4.69, 9.17) is 4.74 Å². The molecule has 118 valence electrons. The van der Waals surface area contributed by atoms with Crippen molar-refractivity contribution in [3.8, 4) is 0 Å². The Labute approximate surface area is 133 Å². The zero-order chi connectivity index (χ0) is 16.8. The number of carbonyl (C=O) groups is 1. The second-order valence-corrected chi connectivity index (χ2v) is 5.22. The van der Waals surface area contributed by atoms with Gasteiger partial charge in [0.1, 0.15) is 17.1 Å². The number of nitrogens with one attached hydrogen (secondary N) is 1. The van der Waals surface area contributed by atoms with E-state index in [1.165, 1.54) is 6.08 Å². The van der Waals surface area contributed by atoms with Crippen molar-refractivity contribution >= 4 is 34.4 Å². The summed E-state index contributed by atoms with van der Waals surface area (Å²) in [7, 11) is 0. The number of rotatable bonds is 2. The molecule has 0 bridgehead atoms. The fraction of sp³-hybridized carbons (Fsp3) is 0. The van der Waals surface area contributed by atoms with E-state index in [-0.39, 0.29) is 16.9 Å². The highest BCUT2D eigenvalue weighted by Gasteiger charge is 2.35. The molecule has 4 rings (SSSR count). The molecule has 0 saturated heterocycles. The summed E-state index contributed by atoms with van der Waals surface area (Å²) in [5.41, 5.74) is 0.736. The Kier molecular flexibility index (Phi) is 2.92. The molecule has 8 heteroatoms. The van der Waals surface area contributed by atoms with Gasteiger partial charge in [0.05, 0.1) is 28.3 Å². The number of nitrogens with zero attached hydrogens (tertiary/aromatic N) is 2. The molecule has 2 heterocycles. The molecule has 24 heavy (non-hydrogen) atoms. The van der Waals surface area contributed by atoms with Crippen molar-refractivity contribution in [2.75, 3.05) is 0 Å². The highest BCUT2D eigenvalue weighted by Crippen LogP contribution is 2.38. The van der Waals surface area contributed by atoms with Gasteiger partial charge >= 0.3 is 5.97 Å². The maximum atomic E-state index is 13.5. The summed E-state index contributed by atoms with van der Waals surface area (Å²) in [4.78, 5) is 22.3. The van der Waals surface area contributed by atoms with Crippen LogP contribution in [0.4, 0.5) is 10.1 Å². The number of ether oxygens (including phenoxy) is 1. The number of aromatic amines is 1. The van der Waals surface area contributed by atoms with Gasteiger partial charge in [-0.15, -0.1) is 0 Å². The van der Waals surface area contributed by atoms with Gasteiger partial charge in [0.15, 0.2) is 0 Å². The van der Waals surface area contributed by atoms with E-state index in [2.05, 4.69) is 10.2 Å². The number of aromatic nitrogens is 2. The van der Waals surface area contributed by atoms with Crippen LogP contribution in [-0.2, 0) is 4.74 Å². The molecular formula is C16H8FN3O4. The summed E-state index contributed by atoms with van der Waals surface area (Å²) in [6.45, 7) is 0. The largest absolute Gasteiger partial charge is 0.422 e. The summed E-state index contributed by atoms with van der Waals surface area (Å²) in [5.74, 6) is -1.67. The van der Waals surface area contributed by atoms with Gasteiger partial charge in [0.2, 0.25) is 0 Å². The Morgan fingerprint density at radius 1 is 1.29 bits per heavy atom. The number of esters is 1. The van der Waals surface area contributed by atoms with Crippen LogP contribution in [0, 0.1) is 15.9 Å². The number of H-pyrrole nitrogens is 1. The quantitative estimate of drug-likeness (QED) is 0.443. The van der Waals surface area contributed by atoms with Crippen molar-refractivity contribution in [1.82, 2.24) is 10.2 Å². The fourth-order valence-electron chi connectivity index (χ4n) is 2.66. The van der Waals surface area contributed by atoms with Crippen LogP contribution in [0.15, 0.2) is 36.5 Å². The number of hydrogen-bond donors (Lipinski definition) is 1. The third-order valence-corrected chi connectivity index (χ3v) is 3.71. The molecule has 1 aromatic heterocycles. The lowest BCUT2D eigenvalue weighted by Gasteiger charge is -2.01. The molecule has 1 aliphatic heterocycles. The van der Waals surface area contributed by atoms with Crippen LogP contribution < -0.4 is 0 Å². The molecule has 2 aromatic carbocycles. The lowest BCUT2D eigenvalue weighted by molar-refractivity contribution is -0.385. The molecule has 0 fully saturated rings. The third kappa shape index (κ3) is 2.12. The van der Waals surface area contributed by atoms with Crippen LogP contribution in [0.1, 0.15) is 21.5 Å². The highest BCUT2D eigenvalue weighted by atomic mass is 19.1. The summed E-state index contributed by atoms with van der Waals surface area (Å²) in [5, 5.41) is 18.8. The Bertz CT molecular complexity index is 1050. The molecule has 0 atom stereocenters. The normalized spacial score (nSPS) is 14.9. The molecule has 0 unspecified atom stereocenters. The van der Waals surface area contributed by atoms with E-state index < -0.39 is 22.4 Å². The molecule has 0 saturated carbocycles. The minimum absolute atomic E-state index is 0.0144. The van der Waals surface area contributed by atoms with Crippen LogP contribution in [0.3, 0.4) is 0 Å². The van der Waals surface area contributed by atoms with Crippen molar-refractivity contribution in [2.45, 2.75) is 0 Å². The Morgan fingerprint density at radius 3 is 2.92 bits per heavy atom. The molecule has 0 amide bonds. The SMILES string of the molecule is O=C1O/C(=C\c2ccc3cn[nH]c3c2)c2c1cc(F)cc2[N+](=O)[O-]. The van der Waals surface area contributed by atoms with Crippen LogP contribution in [0.2, 0.25) is 0 Å². The van der Waals surface area contributed by atoms with E-state index in [0.29, 0.717) is 5.56 Å². The highest BCUT2D eigenvalue weighted by molar-refractivity contribution is 6.07. The lowest BCUT2D eigenvalue weighted by atomic mass is 10.0. The van der Waals surface area contributed by atoms with Gasteiger partial charge in [-0.3, -0.25) is 15.2 Å².